The summed E-state index contributed by atoms with van der Waals surface area (Å²) < 4.78 is 7.42. The first-order valence-corrected chi connectivity index (χ1v) is 9.20. The second kappa shape index (κ2) is 7.41. The van der Waals surface area contributed by atoms with Crippen LogP contribution in [0.3, 0.4) is 0 Å². The number of hydrogen-bond donors (Lipinski definition) is 1. The largest absolute Gasteiger partial charge is 0.494 e. The van der Waals surface area contributed by atoms with Gasteiger partial charge in [0.2, 0.25) is 16.8 Å². The third kappa shape index (κ3) is 4.11. The van der Waals surface area contributed by atoms with Crippen molar-refractivity contribution < 1.29 is 9.53 Å². The van der Waals surface area contributed by atoms with E-state index < -0.39 is 0 Å². The summed E-state index contributed by atoms with van der Waals surface area (Å²) in [6.45, 7) is 6.29. The Morgan fingerprint density at radius 1 is 1.32 bits per heavy atom. The molecule has 1 N–H and O–H groups in total. The smallest absolute Gasteiger partial charge is 0.250 e. The van der Waals surface area contributed by atoms with Gasteiger partial charge in [0, 0.05) is 16.8 Å². The topological polar surface area (TPSA) is 68.5 Å². The average molecular weight is 379 g/mol. The number of benzene rings is 1. The van der Waals surface area contributed by atoms with Crippen LogP contribution in [0.1, 0.15) is 29.7 Å². The quantitative estimate of drug-likeness (QED) is 0.653. The number of nitrogens with zero attached hydrogens (tertiary/aromatic N) is 3. The maximum absolute atomic E-state index is 12.0. The van der Waals surface area contributed by atoms with Crippen molar-refractivity contribution in [1.29, 1.82) is 0 Å². The SMILES string of the molecule is Cc1cc(OCCCC(=O)Nc2nc3scc(C)n3n2)cc(C)c1Cl. The number of nitrogens with one attached hydrogen (secondary N) is 1. The van der Waals surface area contributed by atoms with Crippen molar-refractivity contribution in [1.82, 2.24) is 14.6 Å². The second-order valence-electron chi connectivity index (χ2n) is 5.88. The van der Waals surface area contributed by atoms with E-state index in [4.69, 9.17) is 16.3 Å². The maximum atomic E-state index is 12.0. The van der Waals surface area contributed by atoms with E-state index in [9.17, 15) is 4.79 Å². The number of carbonyl (C=O) groups is 1. The Morgan fingerprint density at radius 2 is 2.04 bits per heavy atom. The van der Waals surface area contributed by atoms with Gasteiger partial charge in [0.05, 0.1) is 12.3 Å². The number of rotatable bonds is 6. The minimum atomic E-state index is -0.122. The fourth-order valence-electron chi connectivity index (χ4n) is 2.44. The standard InChI is InChI=1S/C17H19ClN4O2S/c1-10-7-13(8-11(2)15(10)18)24-6-4-5-14(23)19-16-20-17-22(21-16)12(3)9-25-17/h7-9H,4-6H2,1-3H3,(H,19,21,23). The fraction of sp³-hybridized carbons (Fsp3) is 0.353. The van der Waals surface area contributed by atoms with Gasteiger partial charge >= 0.3 is 0 Å². The summed E-state index contributed by atoms with van der Waals surface area (Å²) in [5.41, 5.74) is 2.96. The van der Waals surface area contributed by atoms with E-state index in [2.05, 4.69) is 15.4 Å². The third-order valence-corrected chi connectivity index (χ3v) is 5.25. The zero-order valence-electron chi connectivity index (χ0n) is 14.3. The molecule has 0 aliphatic carbocycles. The predicted molar refractivity (Wildman–Crippen MR) is 99.9 cm³/mol. The molecule has 3 aromatic rings. The third-order valence-electron chi connectivity index (χ3n) is 3.72. The zero-order chi connectivity index (χ0) is 18.0. The van der Waals surface area contributed by atoms with Crippen molar-refractivity contribution >= 4 is 39.8 Å². The lowest BCUT2D eigenvalue weighted by Crippen LogP contribution is -2.14. The van der Waals surface area contributed by atoms with Crippen LogP contribution >= 0.6 is 22.9 Å². The Hall–Kier alpha value is -2.12. The predicted octanol–water partition coefficient (Wildman–Crippen LogP) is 4.17. The van der Waals surface area contributed by atoms with Crippen molar-refractivity contribution in [2.75, 3.05) is 11.9 Å². The molecule has 6 nitrogen and oxygen atoms in total. The first-order valence-electron chi connectivity index (χ1n) is 7.94. The van der Waals surface area contributed by atoms with Crippen LogP contribution in [-0.2, 0) is 4.79 Å². The molecule has 0 saturated carbocycles. The lowest BCUT2D eigenvalue weighted by Gasteiger charge is -2.09. The van der Waals surface area contributed by atoms with E-state index in [0.29, 0.717) is 25.4 Å². The second-order valence-corrected chi connectivity index (χ2v) is 7.09. The molecule has 0 aliphatic rings. The summed E-state index contributed by atoms with van der Waals surface area (Å²) in [5, 5.41) is 9.71. The van der Waals surface area contributed by atoms with Crippen molar-refractivity contribution in [3.05, 3.63) is 39.4 Å². The lowest BCUT2D eigenvalue weighted by atomic mass is 10.1. The molecule has 8 heteroatoms. The maximum Gasteiger partial charge on any atom is 0.250 e. The highest BCUT2D eigenvalue weighted by Gasteiger charge is 2.10. The van der Waals surface area contributed by atoms with Crippen molar-refractivity contribution in [2.24, 2.45) is 0 Å². The van der Waals surface area contributed by atoms with E-state index >= 15 is 0 Å². The Bertz CT molecular complexity index is 896. The summed E-state index contributed by atoms with van der Waals surface area (Å²) >= 11 is 7.63. The molecule has 25 heavy (non-hydrogen) atoms. The fourth-order valence-corrected chi connectivity index (χ4v) is 3.35. The molecule has 0 bridgehead atoms. The highest BCUT2D eigenvalue weighted by atomic mass is 35.5. The van der Waals surface area contributed by atoms with Gasteiger partial charge in [-0.2, -0.15) is 4.98 Å². The number of thiazole rings is 1. The molecular formula is C17H19ClN4O2S. The van der Waals surface area contributed by atoms with E-state index in [1.54, 1.807) is 4.52 Å². The van der Waals surface area contributed by atoms with Gasteiger partial charge in [0.1, 0.15) is 5.75 Å². The Kier molecular flexibility index (Phi) is 5.24. The Morgan fingerprint density at radius 3 is 2.72 bits per heavy atom. The van der Waals surface area contributed by atoms with Crippen LogP contribution in [0.5, 0.6) is 5.75 Å². The number of anilines is 1. The monoisotopic (exact) mass is 378 g/mol. The summed E-state index contributed by atoms with van der Waals surface area (Å²) in [7, 11) is 0. The highest BCUT2D eigenvalue weighted by Crippen LogP contribution is 2.26. The van der Waals surface area contributed by atoms with Gasteiger partial charge in [-0.1, -0.05) is 11.6 Å². The first-order chi connectivity index (χ1) is 11.9. The molecule has 2 heterocycles. The average Bonchev–Trinajstić information content (AvgIpc) is 3.11. The molecule has 2 aromatic heterocycles. The summed E-state index contributed by atoms with van der Waals surface area (Å²) in [6.07, 6.45) is 0.950. The molecule has 132 valence electrons. The molecule has 0 saturated heterocycles. The molecule has 0 atom stereocenters. The van der Waals surface area contributed by atoms with Gasteiger partial charge in [-0.25, -0.2) is 4.52 Å². The highest BCUT2D eigenvalue weighted by molar-refractivity contribution is 7.15. The van der Waals surface area contributed by atoms with Crippen LogP contribution in [0.2, 0.25) is 5.02 Å². The number of hydrogen-bond acceptors (Lipinski definition) is 5. The molecular weight excluding hydrogens is 360 g/mol. The van der Waals surface area contributed by atoms with E-state index in [0.717, 1.165) is 32.6 Å². The van der Waals surface area contributed by atoms with Gasteiger partial charge in [-0.15, -0.1) is 16.4 Å². The van der Waals surface area contributed by atoms with Crippen LogP contribution in [0, 0.1) is 20.8 Å². The summed E-state index contributed by atoms with van der Waals surface area (Å²) in [4.78, 5) is 17.0. The van der Waals surface area contributed by atoms with Crippen LogP contribution in [-0.4, -0.2) is 27.1 Å². The van der Waals surface area contributed by atoms with Gasteiger partial charge in [-0.05, 0) is 50.5 Å². The van der Waals surface area contributed by atoms with Gasteiger partial charge in [-0.3, -0.25) is 10.1 Å². The molecule has 0 radical (unpaired) electrons. The van der Waals surface area contributed by atoms with Crippen LogP contribution < -0.4 is 10.1 Å². The number of fused-ring (bicyclic) bond motifs is 1. The van der Waals surface area contributed by atoms with E-state index in [-0.39, 0.29) is 5.91 Å². The molecule has 0 aliphatic heterocycles. The summed E-state index contributed by atoms with van der Waals surface area (Å²) in [6, 6.07) is 3.80. The van der Waals surface area contributed by atoms with Crippen LogP contribution in [0.4, 0.5) is 5.95 Å². The van der Waals surface area contributed by atoms with Crippen LogP contribution in [0.15, 0.2) is 17.5 Å². The zero-order valence-corrected chi connectivity index (χ0v) is 15.9. The lowest BCUT2D eigenvalue weighted by molar-refractivity contribution is -0.116. The molecule has 0 spiro atoms. The van der Waals surface area contributed by atoms with Gasteiger partial charge in [0.25, 0.3) is 0 Å². The molecule has 3 rings (SSSR count). The molecule has 0 fully saturated rings. The van der Waals surface area contributed by atoms with Crippen molar-refractivity contribution in [2.45, 2.75) is 33.6 Å². The van der Waals surface area contributed by atoms with E-state index in [1.807, 2.05) is 38.3 Å². The number of aromatic nitrogens is 3. The van der Waals surface area contributed by atoms with Crippen molar-refractivity contribution in [3.8, 4) is 5.75 Å². The molecule has 0 unspecified atom stereocenters. The first kappa shape index (κ1) is 17.7. The molecule has 1 amide bonds. The van der Waals surface area contributed by atoms with E-state index in [1.165, 1.54) is 11.3 Å². The number of amides is 1. The van der Waals surface area contributed by atoms with Crippen LogP contribution in [0.25, 0.3) is 4.96 Å². The number of aryl methyl sites for hydroxylation is 3. The minimum absolute atomic E-state index is 0.122. The van der Waals surface area contributed by atoms with Crippen molar-refractivity contribution in [3.63, 3.8) is 0 Å². The number of ether oxygens (including phenoxy) is 1. The minimum Gasteiger partial charge on any atom is -0.494 e. The summed E-state index contributed by atoms with van der Waals surface area (Å²) in [5.74, 6) is 0.985. The number of carbonyl (C=O) groups excluding carboxylic acids is 1. The van der Waals surface area contributed by atoms with Gasteiger partial charge < -0.3 is 4.74 Å². The normalized spacial score (nSPS) is 11.0. The number of halogens is 1. The molecule has 1 aromatic carbocycles. The van der Waals surface area contributed by atoms with Gasteiger partial charge in [0.15, 0.2) is 0 Å². The Balaban J connectivity index is 1.46. The Labute approximate surface area is 154 Å².